The molecule has 1 aliphatic rings. The van der Waals surface area contributed by atoms with Gasteiger partial charge in [0.15, 0.2) is 0 Å². The topological polar surface area (TPSA) is 40.5 Å². The highest BCUT2D eigenvalue weighted by Gasteiger charge is 2.38. The first-order valence-electron chi connectivity index (χ1n) is 6.79. The molecule has 0 aliphatic carbocycles. The Kier molecular flexibility index (Phi) is 3.83. The molecule has 1 aromatic carbocycles. The van der Waals surface area contributed by atoms with E-state index in [1.165, 1.54) is 0 Å². The third-order valence-electron chi connectivity index (χ3n) is 3.82. The molecule has 1 unspecified atom stereocenters. The SMILES string of the molecule is CCC(C(=O)O)N1c2ccc(Cl)cc2C(C)=CC1(C)C. The van der Waals surface area contributed by atoms with Gasteiger partial charge in [-0.15, -0.1) is 0 Å². The van der Waals surface area contributed by atoms with Gasteiger partial charge in [0.2, 0.25) is 0 Å². The van der Waals surface area contributed by atoms with Gasteiger partial charge in [0.25, 0.3) is 0 Å². The summed E-state index contributed by atoms with van der Waals surface area (Å²) in [4.78, 5) is 13.6. The summed E-state index contributed by atoms with van der Waals surface area (Å²) >= 11 is 6.07. The monoisotopic (exact) mass is 293 g/mol. The first-order chi connectivity index (χ1) is 9.27. The predicted octanol–water partition coefficient (Wildman–Crippen LogP) is 4.21. The minimum atomic E-state index is -0.797. The fourth-order valence-corrected chi connectivity index (χ4v) is 3.23. The standard InChI is InChI=1S/C16H20ClNO2/c1-5-13(15(19)20)18-14-7-6-11(17)8-12(14)10(2)9-16(18,3)4/h6-9,13H,5H2,1-4H3,(H,19,20). The van der Waals surface area contributed by atoms with Crippen LogP contribution in [0.1, 0.15) is 39.7 Å². The average Bonchev–Trinajstić information content (AvgIpc) is 2.33. The van der Waals surface area contributed by atoms with Crippen molar-refractivity contribution < 1.29 is 9.90 Å². The van der Waals surface area contributed by atoms with Crippen LogP contribution < -0.4 is 4.90 Å². The Labute approximate surface area is 124 Å². The summed E-state index contributed by atoms with van der Waals surface area (Å²) in [6, 6.07) is 5.09. The van der Waals surface area contributed by atoms with Crippen molar-refractivity contribution in [3.05, 3.63) is 34.9 Å². The molecule has 0 radical (unpaired) electrons. The Morgan fingerprint density at radius 2 is 2.10 bits per heavy atom. The van der Waals surface area contributed by atoms with Gasteiger partial charge in [-0.1, -0.05) is 24.6 Å². The van der Waals surface area contributed by atoms with Crippen molar-refractivity contribution in [2.24, 2.45) is 0 Å². The van der Waals surface area contributed by atoms with Crippen LogP contribution in [0.4, 0.5) is 5.69 Å². The van der Waals surface area contributed by atoms with Crippen LogP contribution in [0, 0.1) is 0 Å². The van der Waals surface area contributed by atoms with E-state index in [4.69, 9.17) is 11.6 Å². The zero-order valence-corrected chi connectivity index (χ0v) is 13.0. The van der Waals surface area contributed by atoms with Crippen molar-refractivity contribution >= 4 is 28.8 Å². The van der Waals surface area contributed by atoms with Crippen molar-refractivity contribution in [2.75, 3.05) is 4.90 Å². The quantitative estimate of drug-likeness (QED) is 0.908. The summed E-state index contributed by atoms with van der Waals surface area (Å²) in [5.74, 6) is -0.797. The number of hydrogen-bond donors (Lipinski definition) is 1. The van der Waals surface area contributed by atoms with E-state index < -0.39 is 12.0 Å². The molecular weight excluding hydrogens is 274 g/mol. The smallest absolute Gasteiger partial charge is 0.326 e. The molecule has 0 spiro atoms. The molecule has 0 saturated carbocycles. The Morgan fingerprint density at radius 1 is 1.45 bits per heavy atom. The van der Waals surface area contributed by atoms with Gasteiger partial charge in [0.1, 0.15) is 6.04 Å². The number of benzene rings is 1. The van der Waals surface area contributed by atoms with E-state index in [1.54, 1.807) is 0 Å². The van der Waals surface area contributed by atoms with Gasteiger partial charge in [-0.3, -0.25) is 0 Å². The number of allylic oxidation sites excluding steroid dienone is 1. The molecule has 1 heterocycles. The number of carboxylic acids is 1. The van der Waals surface area contributed by atoms with E-state index in [0.717, 1.165) is 16.8 Å². The van der Waals surface area contributed by atoms with Gasteiger partial charge in [0, 0.05) is 16.3 Å². The molecule has 0 saturated heterocycles. The minimum Gasteiger partial charge on any atom is -0.480 e. The molecule has 0 amide bonds. The summed E-state index contributed by atoms with van der Waals surface area (Å²) in [5, 5.41) is 10.2. The number of hydrogen-bond acceptors (Lipinski definition) is 2. The molecule has 0 bridgehead atoms. The van der Waals surface area contributed by atoms with Gasteiger partial charge in [-0.25, -0.2) is 4.79 Å². The number of aliphatic carboxylic acids is 1. The maximum absolute atomic E-state index is 11.6. The van der Waals surface area contributed by atoms with Crippen molar-refractivity contribution in [1.29, 1.82) is 0 Å². The maximum Gasteiger partial charge on any atom is 0.326 e. The number of halogens is 1. The molecule has 1 N–H and O–H groups in total. The van der Waals surface area contributed by atoms with Gasteiger partial charge < -0.3 is 10.0 Å². The molecule has 20 heavy (non-hydrogen) atoms. The van der Waals surface area contributed by atoms with E-state index in [-0.39, 0.29) is 5.54 Å². The second-order valence-corrected chi connectivity index (χ2v) is 6.21. The maximum atomic E-state index is 11.6. The van der Waals surface area contributed by atoms with Crippen molar-refractivity contribution in [1.82, 2.24) is 0 Å². The van der Waals surface area contributed by atoms with Gasteiger partial charge >= 0.3 is 5.97 Å². The normalized spacial score (nSPS) is 18.2. The molecule has 1 aliphatic heterocycles. The fraction of sp³-hybridized carbons (Fsp3) is 0.438. The number of nitrogens with zero attached hydrogens (tertiary/aromatic N) is 1. The summed E-state index contributed by atoms with van der Waals surface area (Å²) < 4.78 is 0. The predicted molar refractivity (Wildman–Crippen MR) is 83.4 cm³/mol. The van der Waals surface area contributed by atoms with Crippen LogP contribution in [0.5, 0.6) is 0 Å². The van der Waals surface area contributed by atoms with Crippen LogP contribution in [-0.4, -0.2) is 22.7 Å². The lowest BCUT2D eigenvalue weighted by atomic mass is 9.87. The lowest BCUT2D eigenvalue weighted by Crippen LogP contribution is -2.54. The van der Waals surface area contributed by atoms with Crippen LogP contribution in [0.25, 0.3) is 5.57 Å². The number of rotatable bonds is 3. The Hall–Kier alpha value is -1.48. The zero-order chi connectivity index (χ0) is 15.1. The van der Waals surface area contributed by atoms with Crippen LogP contribution in [0.2, 0.25) is 5.02 Å². The van der Waals surface area contributed by atoms with Gasteiger partial charge in [-0.05, 0) is 51.0 Å². The first kappa shape index (κ1) is 14.9. The van der Waals surface area contributed by atoms with Gasteiger partial charge in [-0.2, -0.15) is 0 Å². The highest BCUT2D eigenvalue weighted by Crippen LogP contribution is 2.41. The molecule has 1 atom stereocenters. The summed E-state index contributed by atoms with van der Waals surface area (Å²) in [6.45, 7) is 8.02. The number of carbonyl (C=O) groups is 1. The van der Waals surface area contributed by atoms with E-state index in [9.17, 15) is 9.90 Å². The van der Waals surface area contributed by atoms with Crippen LogP contribution in [0.3, 0.4) is 0 Å². The van der Waals surface area contributed by atoms with Gasteiger partial charge in [0.05, 0.1) is 5.54 Å². The molecule has 108 valence electrons. The summed E-state index contributed by atoms with van der Waals surface area (Å²) in [6.07, 6.45) is 2.66. The van der Waals surface area contributed by atoms with Crippen LogP contribution in [-0.2, 0) is 4.79 Å². The van der Waals surface area contributed by atoms with E-state index in [2.05, 4.69) is 6.08 Å². The number of anilines is 1. The van der Waals surface area contributed by atoms with Crippen molar-refractivity contribution in [3.63, 3.8) is 0 Å². The molecular formula is C16H20ClNO2. The minimum absolute atomic E-state index is 0.343. The molecule has 2 rings (SSSR count). The summed E-state index contributed by atoms with van der Waals surface area (Å²) in [5.41, 5.74) is 2.73. The largest absolute Gasteiger partial charge is 0.480 e. The van der Waals surface area contributed by atoms with E-state index >= 15 is 0 Å². The highest BCUT2D eigenvalue weighted by atomic mass is 35.5. The van der Waals surface area contributed by atoms with Crippen molar-refractivity contribution in [3.8, 4) is 0 Å². The van der Waals surface area contributed by atoms with E-state index in [0.29, 0.717) is 11.4 Å². The molecule has 3 nitrogen and oxygen atoms in total. The lowest BCUT2D eigenvalue weighted by molar-refractivity contribution is -0.139. The molecule has 0 fully saturated rings. The molecule has 1 aromatic rings. The Morgan fingerprint density at radius 3 is 2.65 bits per heavy atom. The zero-order valence-electron chi connectivity index (χ0n) is 12.3. The van der Waals surface area contributed by atoms with E-state index in [1.807, 2.05) is 50.8 Å². The second kappa shape index (κ2) is 5.13. The van der Waals surface area contributed by atoms with Crippen molar-refractivity contribution in [2.45, 2.75) is 45.7 Å². The third-order valence-corrected chi connectivity index (χ3v) is 4.05. The molecule has 4 heteroatoms. The Balaban J connectivity index is 2.65. The third kappa shape index (κ3) is 2.42. The second-order valence-electron chi connectivity index (χ2n) is 5.77. The first-order valence-corrected chi connectivity index (χ1v) is 7.17. The number of carboxylic acid groups (broad SMARTS) is 1. The average molecular weight is 294 g/mol. The fourth-order valence-electron chi connectivity index (χ4n) is 3.06. The van der Waals surface area contributed by atoms with Crippen LogP contribution >= 0.6 is 11.6 Å². The Bertz CT molecular complexity index is 578. The number of fused-ring (bicyclic) bond motifs is 1. The lowest BCUT2D eigenvalue weighted by Gasteiger charge is -2.46. The van der Waals surface area contributed by atoms with Crippen LogP contribution in [0.15, 0.2) is 24.3 Å². The molecule has 0 aromatic heterocycles. The summed E-state index contributed by atoms with van der Waals surface area (Å²) in [7, 11) is 0. The highest BCUT2D eigenvalue weighted by molar-refractivity contribution is 6.30.